The molecule has 0 bridgehead atoms. The fourth-order valence-corrected chi connectivity index (χ4v) is 5.81. The van der Waals surface area contributed by atoms with Crippen molar-refractivity contribution in [1.29, 1.82) is 0 Å². The van der Waals surface area contributed by atoms with Crippen molar-refractivity contribution in [3.05, 3.63) is 68.2 Å². The zero-order valence-corrected chi connectivity index (χ0v) is 18.4. The third-order valence-electron chi connectivity index (χ3n) is 5.87. The minimum Gasteiger partial charge on any atom is -0.336 e. The fraction of sp³-hybridized carbons (Fsp3) is 0.381. The van der Waals surface area contributed by atoms with Gasteiger partial charge in [0.05, 0.1) is 9.82 Å². The predicted molar refractivity (Wildman–Crippen MR) is 116 cm³/mol. The average Bonchev–Trinajstić information content (AvgIpc) is 2.78. The van der Waals surface area contributed by atoms with Gasteiger partial charge in [-0.2, -0.15) is 4.31 Å². The van der Waals surface area contributed by atoms with Crippen molar-refractivity contribution < 1.29 is 18.1 Å². The number of carbonyl (C=O) groups is 1. The summed E-state index contributed by atoms with van der Waals surface area (Å²) in [5.41, 5.74) is 1.89. The Balaban J connectivity index is 1.49. The van der Waals surface area contributed by atoms with Crippen molar-refractivity contribution in [2.24, 2.45) is 0 Å². The van der Waals surface area contributed by atoms with E-state index in [1.807, 2.05) is 6.07 Å². The van der Waals surface area contributed by atoms with Gasteiger partial charge in [-0.05, 0) is 61.1 Å². The zero-order chi connectivity index (χ0) is 22.2. The molecule has 1 aliphatic heterocycles. The monoisotopic (exact) mass is 463 g/mol. The number of nitro groups is 1. The maximum atomic E-state index is 13.1. The molecule has 10 heteroatoms. The molecule has 4 rings (SSSR count). The third kappa shape index (κ3) is 4.30. The molecule has 0 saturated carbocycles. The van der Waals surface area contributed by atoms with E-state index in [1.54, 1.807) is 12.1 Å². The first-order valence-corrected chi connectivity index (χ1v) is 11.9. The summed E-state index contributed by atoms with van der Waals surface area (Å²) in [6.45, 7) is 0.540. The molecule has 2 aromatic carbocycles. The van der Waals surface area contributed by atoms with Crippen molar-refractivity contribution in [2.75, 3.05) is 26.2 Å². The Morgan fingerprint density at radius 1 is 0.968 bits per heavy atom. The molecule has 164 valence electrons. The van der Waals surface area contributed by atoms with Crippen molar-refractivity contribution >= 4 is 33.2 Å². The second kappa shape index (κ2) is 8.57. The minimum atomic E-state index is -3.67. The summed E-state index contributed by atoms with van der Waals surface area (Å²) in [6, 6.07) is 9.17. The van der Waals surface area contributed by atoms with Crippen LogP contribution in [-0.2, 0) is 22.9 Å². The molecule has 0 N–H and O–H groups in total. The summed E-state index contributed by atoms with van der Waals surface area (Å²) in [5.74, 6) is -0.528. The van der Waals surface area contributed by atoms with Gasteiger partial charge in [0.1, 0.15) is 5.56 Å². The van der Waals surface area contributed by atoms with Crippen molar-refractivity contribution in [3.8, 4) is 0 Å². The lowest BCUT2D eigenvalue weighted by Gasteiger charge is -2.34. The number of carbonyl (C=O) groups excluding carboxylic acids is 1. The van der Waals surface area contributed by atoms with Crippen LogP contribution in [0, 0.1) is 10.1 Å². The molecule has 1 fully saturated rings. The van der Waals surface area contributed by atoms with E-state index in [1.165, 1.54) is 33.0 Å². The molecule has 2 aromatic rings. The lowest BCUT2D eigenvalue weighted by Crippen LogP contribution is -2.50. The van der Waals surface area contributed by atoms with Crippen LogP contribution in [-0.4, -0.2) is 54.6 Å². The van der Waals surface area contributed by atoms with Gasteiger partial charge in [0.15, 0.2) is 0 Å². The predicted octanol–water partition coefficient (Wildman–Crippen LogP) is 3.27. The lowest BCUT2D eigenvalue weighted by molar-refractivity contribution is -0.385. The Bertz CT molecular complexity index is 1140. The number of piperazine rings is 1. The smallest absolute Gasteiger partial charge is 0.282 e. The highest BCUT2D eigenvalue weighted by Crippen LogP contribution is 2.28. The van der Waals surface area contributed by atoms with E-state index in [4.69, 9.17) is 11.6 Å². The van der Waals surface area contributed by atoms with Crippen LogP contribution in [0.5, 0.6) is 0 Å². The molecule has 0 spiro atoms. The molecule has 1 heterocycles. The zero-order valence-electron chi connectivity index (χ0n) is 16.8. The molecule has 1 amide bonds. The summed E-state index contributed by atoms with van der Waals surface area (Å²) in [6.07, 6.45) is 4.05. The van der Waals surface area contributed by atoms with Gasteiger partial charge in [-0.15, -0.1) is 0 Å². The number of aryl methyl sites for hydroxylation is 2. The third-order valence-corrected chi connectivity index (χ3v) is 8.00. The first-order chi connectivity index (χ1) is 14.8. The first kappa shape index (κ1) is 21.7. The van der Waals surface area contributed by atoms with Gasteiger partial charge in [0.2, 0.25) is 10.0 Å². The maximum absolute atomic E-state index is 13.1. The summed E-state index contributed by atoms with van der Waals surface area (Å²) in [5, 5.41) is 11.5. The topological polar surface area (TPSA) is 101 Å². The molecule has 0 radical (unpaired) electrons. The Morgan fingerprint density at radius 3 is 2.32 bits per heavy atom. The van der Waals surface area contributed by atoms with E-state index in [0.717, 1.165) is 31.2 Å². The van der Waals surface area contributed by atoms with Crippen LogP contribution in [0.15, 0.2) is 41.3 Å². The van der Waals surface area contributed by atoms with Crippen LogP contribution in [0.4, 0.5) is 5.69 Å². The van der Waals surface area contributed by atoms with Crippen LogP contribution < -0.4 is 0 Å². The summed E-state index contributed by atoms with van der Waals surface area (Å²) in [7, 11) is -3.67. The van der Waals surface area contributed by atoms with Gasteiger partial charge in [-0.1, -0.05) is 17.7 Å². The number of nitrogens with zero attached hydrogens (tertiary/aromatic N) is 3. The van der Waals surface area contributed by atoms with Crippen LogP contribution in [0.25, 0.3) is 0 Å². The Labute approximate surface area is 185 Å². The highest BCUT2D eigenvalue weighted by molar-refractivity contribution is 7.89. The first-order valence-electron chi connectivity index (χ1n) is 10.1. The van der Waals surface area contributed by atoms with E-state index in [0.29, 0.717) is 0 Å². The minimum absolute atomic E-state index is 0.0940. The van der Waals surface area contributed by atoms with Gasteiger partial charge < -0.3 is 4.90 Å². The number of sulfonamides is 1. The molecule has 0 aromatic heterocycles. The summed E-state index contributed by atoms with van der Waals surface area (Å²) in [4.78, 5) is 25.2. The highest BCUT2D eigenvalue weighted by Gasteiger charge is 2.33. The van der Waals surface area contributed by atoms with Gasteiger partial charge >= 0.3 is 0 Å². The second-order valence-electron chi connectivity index (χ2n) is 7.75. The Morgan fingerprint density at radius 2 is 1.65 bits per heavy atom. The Kier molecular flexibility index (Phi) is 6.00. The van der Waals surface area contributed by atoms with Gasteiger partial charge in [-0.3, -0.25) is 14.9 Å². The van der Waals surface area contributed by atoms with Gasteiger partial charge in [0, 0.05) is 37.3 Å². The maximum Gasteiger partial charge on any atom is 0.282 e. The molecule has 1 saturated heterocycles. The van der Waals surface area contributed by atoms with E-state index in [-0.39, 0.29) is 47.3 Å². The average molecular weight is 464 g/mol. The second-order valence-corrected chi connectivity index (χ2v) is 10.1. The van der Waals surface area contributed by atoms with Crippen LogP contribution in [0.2, 0.25) is 5.02 Å². The van der Waals surface area contributed by atoms with Crippen molar-refractivity contribution in [3.63, 3.8) is 0 Å². The number of halogens is 1. The molecular formula is C21H22ClN3O5S. The van der Waals surface area contributed by atoms with Gasteiger partial charge in [-0.25, -0.2) is 8.42 Å². The normalized spacial score (nSPS) is 17.3. The molecular weight excluding hydrogens is 442 g/mol. The van der Waals surface area contributed by atoms with Gasteiger partial charge in [0.25, 0.3) is 11.6 Å². The highest BCUT2D eigenvalue weighted by atomic mass is 35.5. The summed E-state index contributed by atoms with van der Waals surface area (Å²) < 4.78 is 27.6. The van der Waals surface area contributed by atoms with Crippen LogP contribution in [0.1, 0.15) is 34.3 Å². The van der Waals surface area contributed by atoms with Crippen molar-refractivity contribution in [2.45, 2.75) is 30.6 Å². The molecule has 8 nitrogen and oxygen atoms in total. The van der Waals surface area contributed by atoms with E-state index >= 15 is 0 Å². The molecule has 0 unspecified atom stereocenters. The molecule has 0 atom stereocenters. The van der Waals surface area contributed by atoms with E-state index < -0.39 is 20.9 Å². The molecule has 31 heavy (non-hydrogen) atoms. The van der Waals surface area contributed by atoms with E-state index in [9.17, 15) is 23.3 Å². The lowest BCUT2D eigenvalue weighted by atomic mass is 9.92. The van der Waals surface area contributed by atoms with Crippen LogP contribution in [0.3, 0.4) is 0 Å². The number of hydrogen-bond donors (Lipinski definition) is 0. The number of amides is 1. The van der Waals surface area contributed by atoms with Crippen molar-refractivity contribution in [1.82, 2.24) is 9.21 Å². The number of benzene rings is 2. The number of rotatable bonds is 4. The molecule has 1 aliphatic carbocycles. The number of nitro benzene ring substituents is 1. The Hall–Kier alpha value is -2.49. The largest absolute Gasteiger partial charge is 0.336 e. The SMILES string of the molecule is O=C(c1cc(Cl)ccc1[N+](=O)[O-])N1CCN(S(=O)(=O)c2ccc3c(c2)CCCC3)CC1. The number of fused-ring (bicyclic) bond motifs is 1. The standard InChI is InChI=1S/C21H22ClN3O5S/c22-17-6-8-20(25(27)28)19(14-17)21(26)23-9-11-24(12-10-23)31(29,30)18-7-5-15-3-1-2-4-16(15)13-18/h5-8,13-14H,1-4,9-12H2. The molecule has 2 aliphatic rings. The van der Waals surface area contributed by atoms with E-state index in [2.05, 4.69) is 0 Å². The van der Waals surface area contributed by atoms with Crippen LogP contribution >= 0.6 is 11.6 Å². The quantitative estimate of drug-likeness (QED) is 0.511. The number of hydrogen-bond acceptors (Lipinski definition) is 5. The summed E-state index contributed by atoms with van der Waals surface area (Å²) >= 11 is 5.92. The fourth-order valence-electron chi connectivity index (χ4n) is 4.16.